The average Bonchev–Trinajstić information content (AvgIpc) is 2.34. The molecule has 3 nitrogen and oxygen atoms in total. The lowest BCUT2D eigenvalue weighted by atomic mass is 10.3. The highest BCUT2D eigenvalue weighted by Gasteiger charge is 2.21. The van der Waals surface area contributed by atoms with Gasteiger partial charge in [-0.3, -0.25) is 4.34 Å². The topological polar surface area (TPSA) is 27.1 Å². The van der Waals surface area contributed by atoms with E-state index in [0.717, 1.165) is 12.2 Å². The van der Waals surface area contributed by atoms with Crippen molar-refractivity contribution in [3.05, 3.63) is 18.2 Å². The second kappa shape index (κ2) is 2.58. The lowest BCUT2D eigenvalue weighted by Crippen LogP contribution is -2.19. The summed E-state index contributed by atoms with van der Waals surface area (Å²) in [7, 11) is -0.456. The van der Waals surface area contributed by atoms with Gasteiger partial charge in [0, 0.05) is 25.5 Å². The third-order valence-electron chi connectivity index (χ3n) is 1.80. The zero-order valence-electron chi connectivity index (χ0n) is 6.69. The maximum absolute atomic E-state index is 5.66. The predicted molar refractivity (Wildman–Crippen MR) is 44.7 cm³/mol. The highest BCUT2D eigenvalue weighted by molar-refractivity contribution is 7.50. The predicted octanol–water partition coefficient (Wildman–Crippen LogP) is 1.63. The van der Waals surface area contributed by atoms with Crippen molar-refractivity contribution in [2.75, 3.05) is 6.66 Å². The minimum absolute atomic E-state index is 0.334. The van der Waals surface area contributed by atoms with Gasteiger partial charge in [0.2, 0.25) is 0 Å². The quantitative estimate of drug-likeness (QED) is 0.553. The summed E-state index contributed by atoms with van der Waals surface area (Å²) < 4.78 is 7.79. The molecule has 2 atom stereocenters. The third-order valence-corrected chi connectivity index (χ3v) is 3.44. The van der Waals surface area contributed by atoms with Crippen molar-refractivity contribution in [2.24, 2.45) is 0 Å². The molecule has 11 heavy (non-hydrogen) atoms. The Hall–Kier alpha value is -0.400. The summed E-state index contributed by atoms with van der Waals surface area (Å²) in [5.41, 5.74) is 0. The van der Waals surface area contributed by atoms with Gasteiger partial charge in [-0.05, 0) is 6.92 Å². The number of aromatic nitrogens is 2. The van der Waals surface area contributed by atoms with E-state index in [9.17, 15) is 0 Å². The summed E-state index contributed by atoms with van der Waals surface area (Å²) in [4.78, 5) is 4.26. The fourth-order valence-electron chi connectivity index (χ4n) is 1.34. The molecule has 60 valence electrons. The van der Waals surface area contributed by atoms with Gasteiger partial charge in [0.05, 0.1) is 6.10 Å². The first-order valence-electron chi connectivity index (χ1n) is 3.70. The van der Waals surface area contributed by atoms with Gasteiger partial charge in [-0.25, -0.2) is 4.98 Å². The summed E-state index contributed by atoms with van der Waals surface area (Å²) >= 11 is 0. The largest absolute Gasteiger partial charge is 0.335 e. The molecule has 0 saturated carbocycles. The molecular formula is C7H11N2OP. The van der Waals surface area contributed by atoms with Crippen molar-refractivity contribution >= 4 is 8.30 Å². The summed E-state index contributed by atoms with van der Waals surface area (Å²) in [6.07, 6.45) is 5.11. The Morgan fingerprint density at radius 2 is 2.64 bits per heavy atom. The molecular weight excluding hydrogens is 159 g/mol. The van der Waals surface area contributed by atoms with E-state index in [1.165, 1.54) is 0 Å². The van der Waals surface area contributed by atoms with Crippen LogP contribution in [-0.2, 0) is 10.9 Å². The Kier molecular flexibility index (Phi) is 1.70. The molecule has 2 heterocycles. The molecule has 0 N–H and O–H groups in total. The first-order valence-corrected chi connectivity index (χ1v) is 5.36. The van der Waals surface area contributed by atoms with Crippen LogP contribution in [0.2, 0.25) is 0 Å². The zero-order chi connectivity index (χ0) is 7.84. The fourth-order valence-corrected chi connectivity index (χ4v) is 2.74. The summed E-state index contributed by atoms with van der Waals surface area (Å²) in [5, 5.41) is 0. The Morgan fingerprint density at radius 1 is 1.82 bits per heavy atom. The Balaban J connectivity index is 2.36. The highest BCUT2D eigenvalue weighted by atomic mass is 31.2. The highest BCUT2D eigenvalue weighted by Crippen LogP contribution is 2.40. The number of rotatable bonds is 0. The van der Waals surface area contributed by atoms with E-state index in [2.05, 4.69) is 22.9 Å². The van der Waals surface area contributed by atoms with Crippen LogP contribution in [-0.4, -0.2) is 22.1 Å². The van der Waals surface area contributed by atoms with Crippen LogP contribution in [0, 0.1) is 0 Å². The Morgan fingerprint density at radius 3 is 3.45 bits per heavy atom. The normalized spacial score (nSPS) is 30.0. The van der Waals surface area contributed by atoms with Crippen LogP contribution < -0.4 is 0 Å². The molecule has 0 amide bonds. The molecule has 2 rings (SSSR count). The van der Waals surface area contributed by atoms with Crippen molar-refractivity contribution in [3.63, 3.8) is 0 Å². The SMILES string of the molecule is CC1Cc2nccn2P(C)O1. The van der Waals surface area contributed by atoms with E-state index in [1.54, 1.807) is 0 Å². The van der Waals surface area contributed by atoms with E-state index in [-0.39, 0.29) is 0 Å². The molecule has 0 bridgehead atoms. The van der Waals surface area contributed by atoms with Crippen molar-refractivity contribution in [2.45, 2.75) is 19.4 Å². The summed E-state index contributed by atoms with van der Waals surface area (Å²) in [6.45, 7) is 4.20. The van der Waals surface area contributed by atoms with E-state index in [0.29, 0.717) is 6.10 Å². The molecule has 0 saturated heterocycles. The smallest absolute Gasteiger partial charge is 0.134 e. The molecule has 0 aliphatic carbocycles. The molecule has 1 aromatic rings. The second-order valence-electron chi connectivity index (χ2n) is 2.77. The molecule has 0 aromatic carbocycles. The van der Waals surface area contributed by atoms with Gasteiger partial charge in [-0.1, -0.05) is 0 Å². The lowest BCUT2D eigenvalue weighted by molar-refractivity contribution is 0.230. The van der Waals surface area contributed by atoms with Gasteiger partial charge in [0.15, 0.2) is 0 Å². The van der Waals surface area contributed by atoms with Crippen molar-refractivity contribution in [3.8, 4) is 0 Å². The van der Waals surface area contributed by atoms with Crippen molar-refractivity contribution < 1.29 is 4.52 Å². The molecule has 1 aliphatic heterocycles. The fraction of sp³-hybridized carbons (Fsp3) is 0.571. The van der Waals surface area contributed by atoms with Crippen LogP contribution in [0.25, 0.3) is 0 Å². The van der Waals surface area contributed by atoms with Crippen molar-refractivity contribution in [1.29, 1.82) is 0 Å². The standard InChI is InChI=1S/C7H11N2OP/c1-6-5-7-8-3-4-9(7)11(2)10-6/h3-4,6H,5H2,1-2H3. The van der Waals surface area contributed by atoms with Gasteiger partial charge in [0.1, 0.15) is 14.1 Å². The molecule has 0 spiro atoms. The first kappa shape index (κ1) is 7.26. The van der Waals surface area contributed by atoms with Gasteiger partial charge < -0.3 is 4.52 Å². The van der Waals surface area contributed by atoms with E-state index in [4.69, 9.17) is 4.52 Å². The van der Waals surface area contributed by atoms with Crippen molar-refractivity contribution in [1.82, 2.24) is 9.32 Å². The summed E-state index contributed by atoms with van der Waals surface area (Å²) in [6, 6.07) is 0. The van der Waals surface area contributed by atoms with Gasteiger partial charge in [0.25, 0.3) is 0 Å². The van der Waals surface area contributed by atoms with E-state index < -0.39 is 8.30 Å². The number of hydrogen-bond donors (Lipinski definition) is 0. The minimum Gasteiger partial charge on any atom is -0.335 e. The second-order valence-corrected chi connectivity index (χ2v) is 4.34. The van der Waals surface area contributed by atoms with E-state index in [1.807, 2.05) is 12.4 Å². The molecule has 0 radical (unpaired) electrons. The van der Waals surface area contributed by atoms with Crippen LogP contribution in [0.15, 0.2) is 12.4 Å². The molecule has 1 aliphatic rings. The van der Waals surface area contributed by atoms with Crippen LogP contribution in [0.4, 0.5) is 0 Å². The third kappa shape index (κ3) is 1.19. The number of nitrogens with zero attached hydrogens (tertiary/aromatic N) is 2. The molecule has 2 unspecified atom stereocenters. The number of imidazole rings is 1. The van der Waals surface area contributed by atoms with E-state index >= 15 is 0 Å². The Labute approximate surface area is 67.3 Å². The van der Waals surface area contributed by atoms with Crippen LogP contribution in [0.5, 0.6) is 0 Å². The zero-order valence-corrected chi connectivity index (χ0v) is 7.58. The van der Waals surface area contributed by atoms with Crippen LogP contribution >= 0.6 is 8.30 Å². The maximum atomic E-state index is 5.66. The first-order chi connectivity index (χ1) is 5.27. The maximum Gasteiger partial charge on any atom is 0.134 e. The number of hydrogen-bond acceptors (Lipinski definition) is 2. The minimum atomic E-state index is -0.456. The average molecular weight is 170 g/mol. The van der Waals surface area contributed by atoms with Gasteiger partial charge in [-0.2, -0.15) is 0 Å². The van der Waals surface area contributed by atoms with Gasteiger partial charge in [-0.15, -0.1) is 0 Å². The number of fused-ring (bicyclic) bond motifs is 1. The van der Waals surface area contributed by atoms with Gasteiger partial charge >= 0.3 is 0 Å². The summed E-state index contributed by atoms with van der Waals surface area (Å²) in [5.74, 6) is 1.16. The monoisotopic (exact) mass is 170 g/mol. The van der Waals surface area contributed by atoms with Crippen LogP contribution in [0.1, 0.15) is 12.7 Å². The van der Waals surface area contributed by atoms with Crippen LogP contribution in [0.3, 0.4) is 0 Å². The molecule has 4 heteroatoms. The molecule has 1 aromatic heterocycles. The molecule has 0 fully saturated rings. The lowest BCUT2D eigenvalue weighted by Gasteiger charge is -2.26. The Bertz CT molecular complexity index is 261.